The number of amides is 1. The average Bonchev–Trinajstić information content (AvgIpc) is 2.67. The van der Waals surface area contributed by atoms with Crippen LogP contribution in [0.2, 0.25) is 18.1 Å². The molecule has 1 aliphatic heterocycles. The molecule has 2 unspecified atom stereocenters. The summed E-state index contributed by atoms with van der Waals surface area (Å²) in [5, 5.41) is 20.0. The Morgan fingerprint density at radius 2 is 1.83 bits per heavy atom. The number of ether oxygens (including phenoxy) is 2. The SMILES string of the molecule is COc1ccc(COCC2=CC(CO[Si](C)(C)C(C)(C)C)N(C(=O)O)CC2O)cc1. The van der Waals surface area contributed by atoms with Crippen LogP contribution >= 0.6 is 0 Å². The van der Waals surface area contributed by atoms with Crippen LogP contribution in [0, 0.1) is 0 Å². The lowest BCUT2D eigenvalue weighted by Crippen LogP contribution is -2.52. The number of carboxylic acid groups (broad SMARTS) is 1. The van der Waals surface area contributed by atoms with Gasteiger partial charge in [-0.1, -0.05) is 39.0 Å². The molecule has 7 nitrogen and oxygen atoms in total. The molecule has 2 rings (SSSR count). The van der Waals surface area contributed by atoms with Crippen LogP contribution < -0.4 is 4.74 Å². The zero-order valence-electron chi connectivity index (χ0n) is 18.8. The fraction of sp³-hybridized carbons (Fsp3) is 0.591. The van der Waals surface area contributed by atoms with E-state index in [9.17, 15) is 15.0 Å². The summed E-state index contributed by atoms with van der Waals surface area (Å²) < 4.78 is 17.2. The number of methoxy groups -OCH3 is 1. The van der Waals surface area contributed by atoms with Crippen molar-refractivity contribution in [3.8, 4) is 5.75 Å². The van der Waals surface area contributed by atoms with E-state index in [1.807, 2.05) is 24.3 Å². The first kappa shape index (κ1) is 24.4. The Bertz CT molecular complexity index is 741. The van der Waals surface area contributed by atoms with Gasteiger partial charge in [-0.05, 0) is 41.4 Å². The second-order valence-electron chi connectivity index (χ2n) is 9.17. The van der Waals surface area contributed by atoms with Crippen LogP contribution in [0.3, 0.4) is 0 Å². The van der Waals surface area contributed by atoms with Gasteiger partial charge in [0.15, 0.2) is 8.32 Å². The van der Waals surface area contributed by atoms with Gasteiger partial charge in [0.1, 0.15) is 5.75 Å². The van der Waals surface area contributed by atoms with Crippen LogP contribution in [0.25, 0.3) is 0 Å². The van der Waals surface area contributed by atoms with Gasteiger partial charge >= 0.3 is 6.09 Å². The number of benzene rings is 1. The van der Waals surface area contributed by atoms with Gasteiger partial charge in [0.2, 0.25) is 0 Å². The van der Waals surface area contributed by atoms with Crippen LogP contribution in [0.1, 0.15) is 26.3 Å². The Kier molecular flexibility index (Phi) is 8.10. The lowest BCUT2D eigenvalue weighted by Gasteiger charge is -2.40. The summed E-state index contributed by atoms with van der Waals surface area (Å²) in [6, 6.07) is 7.14. The minimum absolute atomic E-state index is 0.0125. The van der Waals surface area contributed by atoms with Gasteiger partial charge in [-0.15, -0.1) is 0 Å². The number of aliphatic hydroxyl groups excluding tert-OH is 1. The van der Waals surface area contributed by atoms with Crippen molar-refractivity contribution in [1.82, 2.24) is 4.90 Å². The van der Waals surface area contributed by atoms with Crippen molar-refractivity contribution in [3.63, 3.8) is 0 Å². The molecule has 0 radical (unpaired) electrons. The van der Waals surface area contributed by atoms with Crippen LogP contribution in [-0.4, -0.2) is 68.5 Å². The van der Waals surface area contributed by atoms with Crippen LogP contribution in [-0.2, 0) is 15.8 Å². The predicted molar refractivity (Wildman–Crippen MR) is 118 cm³/mol. The summed E-state index contributed by atoms with van der Waals surface area (Å²) in [4.78, 5) is 12.9. The molecule has 0 saturated heterocycles. The molecule has 1 aromatic rings. The number of rotatable bonds is 8. The maximum absolute atomic E-state index is 11.7. The molecule has 168 valence electrons. The number of hydrogen-bond acceptors (Lipinski definition) is 5. The summed E-state index contributed by atoms with van der Waals surface area (Å²) >= 11 is 0. The van der Waals surface area contributed by atoms with E-state index >= 15 is 0 Å². The molecule has 0 bridgehead atoms. The van der Waals surface area contributed by atoms with Crippen molar-refractivity contribution in [1.29, 1.82) is 0 Å². The Balaban J connectivity index is 2.04. The van der Waals surface area contributed by atoms with E-state index < -0.39 is 26.6 Å². The number of aliphatic hydroxyl groups is 1. The minimum atomic E-state index is -2.02. The van der Waals surface area contributed by atoms with Crippen molar-refractivity contribution in [2.45, 2.75) is 57.7 Å². The van der Waals surface area contributed by atoms with Crippen LogP contribution in [0.15, 0.2) is 35.9 Å². The maximum atomic E-state index is 11.7. The molecule has 2 atom stereocenters. The zero-order chi connectivity index (χ0) is 22.5. The lowest BCUT2D eigenvalue weighted by atomic mass is 10.0. The monoisotopic (exact) mass is 437 g/mol. The van der Waals surface area contributed by atoms with E-state index in [-0.39, 0.29) is 24.8 Å². The van der Waals surface area contributed by atoms with Gasteiger partial charge in [0.05, 0.1) is 45.6 Å². The van der Waals surface area contributed by atoms with Gasteiger partial charge in [-0.3, -0.25) is 4.90 Å². The summed E-state index contributed by atoms with van der Waals surface area (Å²) in [7, 11) is -0.403. The van der Waals surface area contributed by atoms with E-state index in [4.69, 9.17) is 13.9 Å². The molecule has 1 amide bonds. The molecular formula is C22H35NO6Si. The molecule has 1 aromatic carbocycles. The molecule has 8 heteroatoms. The number of carbonyl (C=O) groups is 1. The fourth-order valence-electron chi connectivity index (χ4n) is 2.91. The molecule has 30 heavy (non-hydrogen) atoms. The first-order chi connectivity index (χ1) is 13.9. The summed E-state index contributed by atoms with van der Waals surface area (Å²) in [6.07, 6.45) is -0.169. The van der Waals surface area contributed by atoms with Crippen LogP contribution in [0.5, 0.6) is 5.75 Å². The van der Waals surface area contributed by atoms with Crippen molar-refractivity contribution in [3.05, 3.63) is 41.5 Å². The molecule has 0 aliphatic carbocycles. The standard InChI is InChI=1S/C22H35NO6Si/c1-22(2,3)30(5,6)29-15-18-11-17(20(24)12-23(18)21(25)26)14-28-13-16-7-9-19(27-4)10-8-16/h7-11,18,20,24H,12-15H2,1-6H3,(H,25,26). The highest BCUT2D eigenvalue weighted by Gasteiger charge is 2.39. The van der Waals surface area contributed by atoms with Gasteiger partial charge in [-0.2, -0.15) is 0 Å². The Morgan fingerprint density at radius 1 is 1.20 bits per heavy atom. The summed E-state index contributed by atoms with van der Waals surface area (Å²) in [5.41, 5.74) is 1.68. The highest BCUT2D eigenvalue weighted by Crippen LogP contribution is 2.37. The van der Waals surface area contributed by atoms with Gasteiger partial charge in [0, 0.05) is 0 Å². The van der Waals surface area contributed by atoms with Crippen molar-refractivity contribution >= 4 is 14.4 Å². The second kappa shape index (κ2) is 9.96. The van der Waals surface area contributed by atoms with Gasteiger partial charge < -0.3 is 24.1 Å². The summed E-state index contributed by atoms with van der Waals surface area (Å²) in [6.45, 7) is 11.6. The third-order valence-electron chi connectivity index (χ3n) is 5.97. The molecule has 0 saturated carbocycles. The van der Waals surface area contributed by atoms with Crippen LogP contribution in [0.4, 0.5) is 4.79 Å². The van der Waals surface area contributed by atoms with E-state index in [0.29, 0.717) is 12.2 Å². The second-order valence-corrected chi connectivity index (χ2v) is 14.0. The Hall–Kier alpha value is -1.87. The Morgan fingerprint density at radius 3 is 2.37 bits per heavy atom. The lowest BCUT2D eigenvalue weighted by molar-refractivity contribution is 0.0581. The third kappa shape index (κ3) is 6.31. The number of hydrogen-bond donors (Lipinski definition) is 2. The van der Waals surface area contributed by atoms with Crippen molar-refractivity contribution < 1.29 is 28.9 Å². The third-order valence-corrected chi connectivity index (χ3v) is 10.5. The number of β-amino-alcohol motifs (C(OH)–C–C–N with tert-alkyl or cyclic N) is 1. The average molecular weight is 438 g/mol. The van der Waals surface area contributed by atoms with Crippen molar-refractivity contribution in [2.24, 2.45) is 0 Å². The molecular weight excluding hydrogens is 402 g/mol. The first-order valence-electron chi connectivity index (χ1n) is 10.2. The molecule has 2 N–H and O–H groups in total. The van der Waals surface area contributed by atoms with Gasteiger partial charge in [-0.25, -0.2) is 4.79 Å². The zero-order valence-corrected chi connectivity index (χ0v) is 19.8. The maximum Gasteiger partial charge on any atom is 0.407 e. The van der Waals surface area contributed by atoms with E-state index in [1.165, 1.54) is 4.90 Å². The molecule has 0 aromatic heterocycles. The normalized spacial score (nSPS) is 20.1. The smallest absolute Gasteiger partial charge is 0.407 e. The Labute approximate surface area is 180 Å². The molecule has 1 heterocycles. The topological polar surface area (TPSA) is 88.5 Å². The highest BCUT2D eigenvalue weighted by atomic mass is 28.4. The molecule has 0 spiro atoms. The van der Waals surface area contributed by atoms with E-state index in [1.54, 1.807) is 13.2 Å². The van der Waals surface area contributed by atoms with Gasteiger partial charge in [0.25, 0.3) is 0 Å². The van der Waals surface area contributed by atoms with E-state index in [0.717, 1.165) is 11.3 Å². The number of nitrogens with zero attached hydrogens (tertiary/aromatic N) is 1. The van der Waals surface area contributed by atoms with E-state index in [2.05, 4.69) is 33.9 Å². The minimum Gasteiger partial charge on any atom is -0.497 e. The quantitative estimate of drug-likeness (QED) is 0.474. The predicted octanol–water partition coefficient (Wildman–Crippen LogP) is 3.88. The summed E-state index contributed by atoms with van der Waals surface area (Å²) in [5.74, 6) is 0.780. The first-order valence-corrected chi connectivity index (χ1v) is 13.1. The molecule has 1 aliphatic rings. The fourth-order valence-corrected chi connectivity index (χ4v) is 3.93. The van der Waals surface area contributed by atoms with Crippen molar-refractivity contribution in [2.75, 3.05) is 26.9 Å². The largest absolute Gasteiger partial charge is 0.497 e. The molecule has 0 fully saturated rings. The highest BCUT2D eigenvalue weighted by molar-refractivity contribution is 6.74.